The molecule has 156 valence electrons. The molecule has 3 heterocycles. The van der Waals surface area contributed by atoms with Crippen molar-refractivity contribution in [2.24, 2.45) is 0 Å². The zero-order valence-electron chi connectivity index (χ0n) is 17.3. The lowest BCUT2D eigenvalue weighted by molar-refractivity contribution is -0.115. The Hall–Kier alpha value is -0.266. The third kappa shape index (κ3) is 4.20. The second-order valence-corrected chi connectivity index (χ2v) is 16.0. The van der Waals surface area contributed by atoms with Gasteiger partial charge in [0.05, 0.1) is 13.2 Å². The molecule has 27 heavy (non-hydrogen) atoms. The first-order valence-corrected chi connectivity index (χ1v) is 13.6. The van der Waals surface area contributed by atoms with Gasteiger partial charge >= 0.3 is 17.8 Å². The lowest BCUT2D eigenvalue weighted by atomic mass is 10.1. The molecule has 0 amide bonds. The summed E-state index contributed by atoms with van der Waals surface area (Å²) in [7, 11) is -4.53. The van der Waals surface area contributed by atoms with Gasteiger partial charge in [-0.1, -0.05) is 41.5 Å². The van der Waals surface area contributed by atoms with Gasteiger partial charge in [0.25, 0.3) is 0 Å². The van der Waals surface area contributed by atoms with E-state index in [2.05, 4.69) is 41.5 Å². The summed E-state index contributed by atoms with van der Waals surface area (Å²) in [6.07, 6.45) is 1.84. The molecule has 0 bridgehead atoms. The molecule has 0 radical (unpaired) electrons. The van der Waals surface area contributed by atoms with Crippen LogP contribution in [0.4, 0.5) is 0 Å². The van der Waals surface area contributed by atoms with Crippen molar-refractivity contribution >= 4 is 17.8 Å². The minimum atomic E-state index is -2.47. The van der Waals surface area contributed by atoms with Crippen LogP contribution in [0.2, 0.25) is 16.6 Å². The molecule has 9 heteroatoms. The summed E-state index contributed by atoms with van der Waals surface area (Å²) < 4.78 is 31.4. The van der Waals surface area contributed by atoms with Crippen LogP contribution in [0, 0.1) is 0 Å². The normalized spacial score (nSPS) is 37.0. The topological polar surface area (TPSA) is 69.6 Å². The van der Waals surface area contributed by atoms with E-state index in [1.54, 1.807) is 0 Å². The Morgan fingerprint density at radius 2 is 1.85 bits per heavy atom. The minimum absolute atomic E-state index is 0.279. The second kappa shape index (κ2) is 8.62. The van der Waals surface area contributed by atoms with Crippen molar-refractivity contribution in [3.05, 3.63) is 12.3 Å². The maximum Gasteiger partial charge on any atom is 0.334 e. The summed E-state index contributed by atoms with van der Waals surface area (Å²) in [4.78, 5) is 1.88. The SMILES string of the molecule is CC(C)[SiH]1O[C@H]2[C@@H](O)[C@H](N3C=CCOC3)O[C@@H]2CO[Si](C(C)C)(C(C)C)O1. The zero-order chi connectivity index (χ0) is 19.8. The monoisotopic (exact) mass is 417 g/mol. The highest BCUT2D eigenvalue weighted by atomic mass is 28.4. The molecule has 1 unspecified atom stereocenters. The van der Waals surface area contributed by atoms with Crippen LogP contribution >= 0.6 is 0 Å². The van der Waals surface area contributed by atoms with Crippen molar-refractivity contribution in [2.75, 3.05) is 19.9 Å². The van der Waals surface area contributed by atoms with Crippen LogP contribution < -0.4 is 0 Å². The summed E-state index contributed by atoms with van der Waals surface area (Å²) in [6, 6.07) is 0. The first-order chi connectivity index (χ1) is 12.8. The molecule has 0 saturated carbocycles. The van der Waals surface area contributed by atoms with Crippen LogP contribution in [-0.4, -0.2) is 72.3 Å². The number of hydrogen-bond acceptors (Lipinski definition) is 7. The van der Waals surface area contributed by atoms with Gasteiger partial charge in [0.1, 0.15) is 25.0 Å². The number of aliphatic hydroxyl groups is 1. The lowest BCUT2D eigenvalue weighted by Crippen LogP contribution is -2.58. The smallest absolute Gasteiger partial charge is 0.334 e. The summed E-state index contributed by atoms with van der Waals surface area (Å²) in [5, 5.41) is 10.9. The number of nitrogens with zero attached hydrogens (tertiary/aromatic N) is 1. The quantitative estimate of drug-likeness (QED) is 0.703. The Morgan fingerprint density at radius 1 is 1.15 bits per heavy atom. The van der Waals surface area contributed by atoms with Gasteiger partial charge in [0.2, 0.25) is 0 Å². The fourth-order valence-electron chi connectivity index (χ4n) is 4.08. The largest absolute Gasteiger partial charge is 0.416 e. The van der Waals surface area contributed by atoms with E-state index in [0.29, 0.717) is 31.0 Å². The average Bonchev–Trinajstić information content (AvgIpc) is 2.90. The van der Waals surface area contributed by atoms with Crippen LogP contribution in [0.15, 0.2) is 12.3 Å². The number of rotatable bonds is 4. The van der Waals surface area contributed by atoms with Gasteiger partial charge in [-0.2, -0.15) is 0 Å². The molecule has 2 saturated heterocycles. The van der Waals surface area contributed by atoms with Crippen molar-refractivity contribution in [1.29, 1.82) is 0 Å². The van der Waals surface area contributed by atoms with Crippen LogP contribution in [0.3, 0.4) is 0 Å². The highest BCUT2D eigenvalue weighted by molar-refractivity contribution is 6.76. The van der Waals surface area contributed by atoms with E-state index in [-0.39, 0.29) is 11.6 Å². The Labute approximate surface area is 165 Å². The molecule has 7 nitrogen and oxygen atoms in total. The summed E-state index contributed by atoms with van der Waals surface area (Å²) in [5.41, 5.74) is 0.903. The van der Waals surface area contributed by atoms with Gasteiger partial charge in [-0.05, 0) is 22.7 Å². The van der Waals surface area contributed by atoms with Crippen LogP contribution in [0.1, 0.15) is 41.5 Å². The highest BCUT2D eigenvalue weighted by Gasteiger charge is 2.55. The van der Waals surface area contributed by atoms with E-state index >= 15 is 0 Å². The fraction of sp³-hybridized carbons (Fsp3) is 0.889. The Morgan fingerprint density at radius 3 is 2.41 bits per heavy atom. The summed E-state index contributed by atoms with van der Waals surface area (Å²) in [6.45, 7) is 14.4. The Bertz CT molecular complexity index is 524. The van der Waals surface area contributed by atoms with Crippen molar-refractivity contribution < 1.29 is 27.5 Å². The molecular formula is C18H35NO6Si2. The van der Waals surface area contributed by atoms with Gasteiger partial charge in [0, 0.05) is 6.20 Å². The zero-order valence-corrected chi connectivity index (χ0v) is 19.5. The number of aliphatic hydroxyl groups excluding tert-OH is 1. The molecule has 0 aromatic rings. The first kappa shape index (κ1) is 21.4. The molecule has 0 aromatic carbocycles. The molecular weight excluding hydrogens is 382 g/mol. The average molecular weight is 418 g/mol. The Balaban J connectivity index is 1.85. The van der Waals surface area contributed by atoms with E-state index in [4.69, 9.17) is 22.4 Å². The molecule has 2 fully saturated rings. The number of fused-ring (bicyclic) bond motifs is 1. The molecule has 5 atom stereocenters. The maximum atomic E-state index is 10.9. The number of ether oxygens (including phenoxy) is 2. The molecule has 1 N–H and O–H groups in total. The molecule has 0 aliphatic carbocycles. The first-order valence-electron chi connectivity index (χ1n) is 10.1. The third-order valence-electron chi connectivity index (χ3n) is 5.61. The predicted octanol–water partition coefficient (Wildman–Crippen LogP) is 2.20. The van der Waals surface area contributed by atoms with Crippen molar-refractivity contribution in [3.8, 4) is 0 Å². The van der Waals surface area contributed by atoms with Gasteiger partial charge in [-0.15, -0.1) is 0 Å². The summed E-state index contributed by atoms with van der Waals surface area (Å²) in [5.74, 6) is 0. The minimum Gasteiger partial charge on any atom is -0.416 e. The Kier molecular flexibility index (Phi) is 6.85. The van der Waals surface area contributed by atoms with Crippen LogP contribution in [0.5, 0.6) is 0 Å². The molecule has 0 spiro atoms. The highest BCUT2D eigenvalue weighted by Crippen LogP contribution is 2.40. The van der Waals surface area contributed by atoms with Gasteiger partial charge in [-0.25, -0.2) is 0 Å². The van der Waals surface area contributed by atoms with E-state index in [1.807, 2.05) is 17.2 Å². The van der Waals surface area contributed by atoms with Crippen molar-refractivity contribution in [3.63, 3.8) is 0 Å². The molecule has 3 aliphatic rings. The predicted molar refractivity (Wildman–Crippen MR) is 107 cm³/mol. The van der Waals surface area contributed by atoms with Crippen LogP contribution in [0.25, 0.3) is 0 Å². The maximum absolute atomic E-state index is 10.9. The van der Waals surface area contributed by atoms with Crippen molar-refractivity contribution in [2.45, 2.75) is 82.7 Å². The van der Waals surface area contributed by atoms with Gasteiger partial charge in [-0.3, -0.25) is 0 Å². The third-order valence-corrected chi connectivity index (χ3v) is 13.5. The second-order valence-electron chi connectivity index (χ2n) is 8.63. The summed E-state index contributed by atoms with van der Waals surface area (Å²) >= 11 is 0. The molecule has 3 rings (SSSR count). The van der Waals surface area contributed by atoms with Crippen LogP contribution in [-0.2, 0) is 22.4 Å². The van der Waals surface area contributed by atoms with Gasteiger partial charge in [0.15, 0.2) is 6.23 Å². The van der Waals surface area contributed by atoms with Gasteiger partial charge < -0.3 is 32.4 Å². The van der Waals surface area contributed by atoms with E-state index in [9.17, 15) is 5.11 Å². The standard InChI is InChI=1S/C18H35NO6Si2/c1-12(2)26-24-17-15(10-22-27(25-26,13(3)4)14(5)6)23-18(16(17)20)19-8-7-9-21-11-19/h7-8,12-18,20,26H,9-11H2,1-6H3/t15-,16-,17-,18-,26?/m1/s1. The fourth-order valence-corrected chi connectivity index (χ4v) is 12.7. The van der Waals surface area contributed by atoms with E-state index in [1.165, 1.54) is 0 Å². The molecule has 0 aromatic heterocycles. The number of hydrogen-bond donors (Lipinski definition) is 1. The lowest BCUT2D eigenvalue weighted by Gasteiger charge is -2.44. The molecule has 3 aliphatic heterocycles. The van der Waals surface area contributed by atoms with E-state index in [0.717, 1.165) is 0 Å². The van der Waals surface area contributed by atoms with Crippen molar-refractivity contribution in [1.82, 2.24) is 4.90 Å². The van der Waals surface area contributed by atoms with E-state index < -0.39 is 36.3 Å².